The van der Waals surface area contributed by atoms with Crippen LogP contribution in [0.4, 0.5) is 4.39 Å². The van der Waals surface area contributed by atoms with Crippen LogP contribution in [0.25, 0.3) is 0 Å². The molecule has 2 aromatic carbocycles. The van der Waals surface area contributed by atoms with E-state index < -0.39 is 24.2 Å². The number of ether oxygens (including phenoxy) is 1. The van der Waals surface area contributed by atoms with Crippen LogP contribution in [0, 0.1) is 19.7 Å². The fourth-order valence-electron chi connectivity index (χ4n) is 2.68. The van der Waals surface area contributed by atoms with Gasteiger partial charge in [0.15, 0.2) is 12.4 Å². The van der Waals surface area contributed by atoms with Crippen molar-refractivity contribution in [3.05, 3.63) is 87.4 Å². The number of nitrogens with zero attached hydrogens (tertiary/aromatic N) is 2. The number of rotatable bonds is 6. The summed E-state index contributed by atoms with van der Waals surface area (Å²) in [5.74, 6) is -1.61. The van der Waals surface area contributed by atoms with Gasteiger partial charge >= 0.3 is 5.97 Å². The molecule has 0 spiro atoms. The second-order valence-corrected chi connectivity index (χ2v) is 6.76. The third kappa shape index (κ3) is 4.46. The van der Waals surface area contributed by atoms with Crippen molar-refractivity contribution >= 4 is 23.4 Å². The van der Waals surface area contributed by atoms with Gasteiger partial charge in [0.05, 0.1) is 12.2 Å². The number of halogens is 2. The van der Waals surface area contributed by atoms with Crippen molar-refractivity contribution in [2.45, 2.75) is 20.4 Å². The molecule has 0 unspecified atom stereocenters. The number of benzene rings is 2. The molecule has 0 saturated heterocycles. The Kier molecular flexibility index (Phi) is 5.90. The Balaban J connectivity index is 1.69. The van der Waals surface area contributed by atoms with Gasteiger partial charge in [0.1, 0.15) is 16.5 Å². The van der Waals surface area contributed by atoms with Gasteiger partial charge in [-0.05, 0) is 43.7 Å². The number of hydrogen-bond donors (Lipinski definition) is 0. The summed E-state index contributed by atoms with van der Waals surface area (Å²) < 4.78 is 19.5. The molecule has 5 nitrogen and oxygen atoms in total. The van der Waals surface area contributed by atoms with E-state index in [9.17, 15) is 14.0 Å². The van der Waals surface area contributed by atoms with Gasteiger partial charge < -0.3 is 4.74 Å². The highest BCUT2D eigenvalue weighted by Crippen LogP contribution is 2.22. The Morgan fingerprint density at radius 3 is 2.36 bits per heavy atom. The molecule has 0 aliphatic rings. The van der Waals surface area contributed by atoms with Crippen molar-refractivity contribution < 1.29 is 18.7 Å². The van der Waals surface area contributed by atoms with E-state index in [2.05, 4.69) is 5.10 Å². The Bertz CT molecular complexity index is 1010. The SMILES string of the molecule is Cc1ccc(Cn2nc(C)c(C(=O)OCC(=O)c3ccc(F)cc3)c2Cl)cc1. The third-order valence-electron chi connectivity index (χ3n) is 4.22. The highest BCUT2D eigenvalue weighted by molar-refractivity contribution is 6.32. The maximum Gasteiger partial charge on any atom is 0.343 e. The summed E-state index contributed by atoms with van der Waals surface area (Å²) in [6.07, 6.45) is 0. The summed E-state index contributed by atoms with van der Waals surface area (Å²) in [6.45, 7) is 3.58. The number of hydrogen-bond acceptors (Lipinski definition) is 4. The first-order valence-corrected chi connectivity index (χ1v) is 8.97. The van der Waals surface area contributed by atoms with Gasteiger partial charge in [-0.1, -0.05) is 41.4 Å². The molecule has 0 N–H and O–H groups in total. The van der Waals surface area contributed by atoms with Crippen LogP contribution < -0.4 is 0 Å². The number of Topliss-reactive ketones (excluding diaryl/α,β-unsaturated/α-hetero) is 1. The molecule has 0 bridgehead atoms. The first-order chi connectivity index (χ1) is 13.3. The molecular weight excluding hydrogens is 383 g/mol. The summed E-state index contributed by atoms with van der Waals surface area (Å²) >= 11 is 6.33. The molecule has 0 amide bonds. The lowest BCUT2D eigenvalue weighted by Gasteiger charge is -2.06. The lowest BCUT2D eigenvalue weighted by Crippen LogP contribution is -2.15. The smallest absolute Gasteiger partial charge is 0.343 e. The van der Waals surface area contributed by atoms with Gasteiger partial charge in [-0.2, -0.15) is 5.10 Å². The number of carbonyl (C=O) groups is 2. The molecule has 1 aromatic heterocycles. The Morgan fingerprint density at radius 2 is 1.71 bits per heavy atom. The number of carbonyl (C=O) groups excluding carboxylic acids is 2. The van der Waals surface area contributed by atoms with Crippen LogP contribution in [0.3, 0.4) is 0 Å². The Labute approximate surface area is 166 Å². The molecule has 144 valence electrons. The maximum atomic E-state index is 12.9. The fourth-order valence-corrected chi connectivity index (χ4v) is 2.99. The first-order valence-electron chi connectivity index (χ1n) is 8.59. The van der Waals surface area contributed by atoms with Crippen molar-refractivity contribution in [3.63, 3.8) is 0 Å². The standard InChI is InChI=1S/C21H18ClFN2O3/c1-13-3-5-15(6-4-13)11-25-20(22)19(14(2)24-25)21(27)28-12-18(26)16-7-9-17(23)10-8-16/h3-10H,11-12H2,1-2H3. The van der Waals surface area contributed by atoms with Crippen molar-refractivity contribution in [3.8, 4) is 0 Å². The van der Waals surface area contributed by atoms with E-state index in [1.54, 1.807) is 6.92 Å². The van der Waals surface area contributed by atoms with Gasteiger partial charge in [0, 0.05) is 5.56 Å². The lowest BCUT2D eigenvalue weighted by atomic mass is 10.1. The van der Waals surface area contributed by atoms with Gasteiger partial charge in [-0.3, -0.25) is 4.79 Å². The van der Waals surface area contributed by atoms with Gasteiger partial charge in [0.2, 0.25) is 0 Å². The van der Waals surface area contributed by atoms with Crippen molar-refractivity contribution in [2.75, 3.05) is 6.61 Å². The van der Waals surface area contributed by atoms with Crippen LogP contribution in [0.5, 0.6) is 0 Å². The minimum Gasteiger partial charge on any atom is -0.454 e. The van der Waals surface area contributed by atoms with Crippen molar-refractivity contribution in [1.29, 1.82) is 0 Å². The zero-order valence-electron chi connectivity index (χ0n) is 15.4. The molecule has 1 heterocycles. The lowest BCUT2D eigenvalue weighted by molar-refractivity contribution is 0.0474. The predicted octanol–water partition coefficient (Wildman–Crippen LogP) is 4.38. The maximum absolute atomic E-state index is 12.9. The normalized spacial score (nSPS) is 10.7. The van der Waals surface area contributed by atoms with Crippen molar-refractivity contribution in [1.82, 2.24) is 9.78 Å². The van der Waals surface area contributed by atoms with E-state index in [0.717, 1.165) is 11.1 Å². The molecule has 0 fully saturated rings. The second-order valence-electron chi connectivity index (χ2n) is 6.40. The fraction of sp³-hybridized carbons (Fsp3) is 0.190. The quantitative estimate of drug-likeness (QED) is 0.455. The van der Waals surface area contributed by atoms with Crippen molar-refractivity contribution in [2.24, 2.45) is 0 Å². The van der Waals surface area contributed by atoms with E-state index in [1.807, 2.05) is 31.2 Å². The summed E-state index contributed by atoms with van der Waals surface area (Å²) in [4.78, 5) is 24.5. The second kappa shape index (κ2) is 8.35. The van der Waals surface area contributed by atoms with E-state index >= 15 is 0 Å². The van der Waals surface area contributed by atoms with Gasteiger partial charge in [0.25, 0.3) is 0 Å². The minimum atomic E-state index is -0.729. The van der Waals surface area contributed by atoms with Crippen LogP contribution in [-0.4, -0.2) is 28.1 Å². The average Bonchev–Trinajstić information content (AvgIpc) is 2.95. The molecule has 7 heteroatoms. The highest BCUT2D eigenvalue weighted by Gasteiger charge is 2.22. The molecule has 0 aliphatic carbocycles. The van der Waals surface area contributed by atoms with E-state index in [4.69, 9.17) is 16.3 Å². The van der Waals surface area contributed by atoms with E-state index in [1.165, 1.54) is 28.9 Å². The molecular formula is C21H18ClFN2O3. The molecule has 0 saturated carbocycles. The highest BCUT2D eigenvalue weighted by atomic mass is 35.5. The third-order valence-corrected chi connectivity index (χ3v) is 4.61. The predicted molar refractivity (Wildman–Crippen MR) is 103 cm³/mol. The largest absolute Gasteiger partial charge is 0.454 e. The van der Waals surface area contributed by atoms with E-state index in [0.29, 0.717) is 12.2 Å². The molecule has 28 heavy (non-hydrogen) atoms. The zero-order chi connectivity index (χ0) is 20.3. The van der Waals surface area contributed by atoms with Crippen LogP contribution in [0.1, 0.15) is 37.5 Å². The number of aromatic nitrogens is 2. The number of esters is 1. The van der Waals surface area contributed by atoms with Crippen LogP contribution in [0.15, 0.2) is 48.5 Å². The summed E-state index contributed by atoms with van der Waals surface area (Å²) in [6, 6.07) is 12.9. The average molecular weight is 401 g/mol. The zero-order valence-corrected chi connectivity index (χ0v) is 16.2. The summed E-state index contributed by atoms with van der Waals surface area (Å²) in [5, 5.41) is 4.45. The monoisotopic (exact) mass is 400 g/mol. The molecule has 0 atom stereocenters. The summed E-state index contributed by atoms with van der Waals surface area (Å²) in [7, 11) is 0. The Morgan fingerprint density at radius 1 is 1.07 bits per heavy atom. The molecule has 0 radical (unpaired) electrons. The first kappa shape index (κ1) is 19.8. The number of aryl methyl sites for hydroxylation is 2. The van der Waals surface area contributed by atoms with Gasteiger partial charge in [-0.15, -0.1) is 0 Å². The van der Waals surface area contributed by atoms with E-state index in [-0.39, 0.29) is 16.3 Å². The van der Waals surface area contributed by atoms with Crippen LogP contribution in [-0.2, 0) is 11.3 Å². The molecule has 3 rings (SSSR count). The van der Waals surface area contributed by atoms with Crippen LogP contribution in [0.2, 0.25) is 5.15 Å². The Hall–Kier alpha value is -2.99. The number of ketones is 1. The summed E-state index contributed by atoms with van der Waals surface area (Å²) in [5.41, 5.74) is 2.92. The topological polar surface area (TPSA) is 61.2 Å². The van der Waals surface area contributed by atoms with Crippen LogP contribution >= 0.6 is 11.6 Å². The molecule has 0 aliphatic heterocycles. The minimum absolute atomic E-state index is 0.126. The molecule has 3 aromatic rings. The van der Waals surface area contributed by atoms with Gasteiger partial charge in [-0.25, -0.2) is 13.9 Å².